The molecule has 34 heavy (non-hydrogen) atoms. The highest BCUT2D eigenvalue weighted by Gasteiger charge is 2.56. The number of thioether (sulfide) groups is 1. The lowest BCUT2D eigenvalue weighted by Gasteiger charge is -2.29. The molecule has 3 heterocycles. The van der Waals surface area contributed by atoms with E-state index in [-0.39, 0.29) is 22.6 Å². The Morgan fingerprint density at radius 1 is 0.794 bits per heavy atom. The lowest BCUT2D eigenvalue weighted by atomic mass is 9.82. The maximum atomic E-state index is 13.7. The topological polar surface area (TPSA) is 70.2 Å². The number of hydrogen-bond donors (Lipinski definition) is 1. The average molecular weight is 549 g/mol. The van der Waals surface area contributed by atoms with Gasteiger partial charge in [-0.1, -0.05) is 93.6 Å². The van der Waals surface area contributed by atoms with E-state index in [0.29, 0.717) is 10.7 Å². The normalized spacial score (nSPS) is 21.4. The lowest BCUT2D eigenvalue weighted by molar-refractivity contribution is -0.122. The van der Waals surface area contributed by atoms with E-state index in [0.717, 1.165) is 37.4 Å². The molecule has 0 radical (unpaired) electrons. The van der Waals surface area contributed by atoms with Gasteiger partial charge in [0.15, 0.2) is 0 Å². The number of carbonyl (C=O) groups is 2. The molecule has 8 heteroatoms. The number of amides is 2. The Kier molecular flexibility index (Phi) is 5.32. The molecule has 168 valence electrons. The first-order valence-electron chi connectivity index (χ1n) is 10.7. The minimum atomic E-state index is -0.590. The number of nitrogens with one attached hydrogen (secondary N) is 1. The van der Waals surface area contributed by atoms with Gasteiger partial charge in [0.1, 0.15) is 5.25 Å². The molecule has 2 aliphatic rings. The summed E-state index contributed by atoms with van der Waals surface area (Å²) < 4.78 is 0.873. The number of anilines is 1. The van der Waals surface area contributed by atoms with Crippen molar-refractivity contribution in [3.8, 4) is 11.1 Å². The first-order chi connectivity index (χ1) is 16.5. The monoisotopic (exact) mass is 548 g/mol. The summed E-state index contributed by atoms with van der Waals surface area (Å²) >= 11 is 5.82. The smallest absolute Gasteiger partial charge is 0.305 e. The minimum absolute atomic E-state index is 0.173. The fraction of sp³-hybridized carbons (Fsp3) is 0.115. The molecule has 4 aromatic rings. The summed E-state index contributed by atoms with van der Waals surface area (Å²) in [6.07, 6.45) is 0. The first-order valence-corrected chi connectivity index (χ1v) is 13.2. The Morgan fingerprint density at radius 2 is 1.47 bits per heavy atom. The average Bonchev–Trinajstić information content (AvgIpc) is 3.35. The van der Waals surface area contributed by atoms with Gasteiger partial charge in [0, 0.05) is 15.3 Å². The van der Waals surface area contributed by atoms with Crippen LogP contribution in [0.4, 0.5) is 5.69 Å². The Labute approximate surface area is 212 Å². The van der Waals surface area contributed by atoms with Crippen molar-refractivity contribution in [2.45, 2.75) is 16.2 Å². The zero-order valence-corrected chi connectivity index (χ0v) is 20.8. The number of nitrogens with zero attached hydrogens (tertiary/aromatic N) is 1. The summed E-state index contributed by atoms with van der Waals surface area (Å²) in [5.41, 5.74) is 3.65. The number of aromatic nitrogens is 1. The van der Waals surface area contributed by atoms with Crippen LogP contribution in [-0.4, -0.2) is 22.0 Å². The third-order valence-corrected chi connectivity index (χ3v) is 9.22. The molecule has 6 rings (SSSR count). The highest BCUT2D eigenvalue weighted by atomic mass is 79.9. The van der Waals surface area contributed by atoms with Gasteiger partial charge >= 0.3 is 4.87 Å². The summed E-state index contributed by atoms with van der Waals surface area (Å²) in [5.74, 6) is -1.42. The number of imide groups is 1. The molecule has 0 aliphatic carbocycles. The molecule has 1 fully saturated rings. The van der Waals surface area contributed by atoms with E-state index >= 15 is 0 Å². The minimum Gasteiger partial charge on any atom is -0.307 e. The molecule has 2 amide bonds. The SMILES string of the molecule is O=C1[C@H]2[C@H](c3ccc(-c4ccccc4)cc3)c3sc(=O)[nH]c3S[C@H]2C(=O)N1c1ccc(Br)cc1. The Hall–Kier alpha value is -2.94. The maximum Gasteiger partial charge on any atom is 0.305 e. The molecule has 3 atom stereocenters. The fourth-order valence-corrected chi connectivity index (χ4v) is 7.51. The summed E-state index contributed by atoms with van der Waals surface area (Å²) in [4.78, 5) is 44.2. The molecular formula is C26H17BrN2O3S2. The number of carbonyl (C=O) groups excluding carboxylic acids is 2. The zero-order chi connectivity index (χ0) is 23.4. The maximum absolute atomic E-state index is 13.7. The van der Waals surface area contributed by atoms with Crippen LogP contribution < -0.4 is 9.77 Å². The number of rotatable bonds is 3. The second-order valence-corrected chi connectivity index (χ2v) is 11.3. The Balaban J connectivity index is 1.44. The van der Waals surface area contributed by atoms with E-state index in [1.54, 1.807) is 12.1 Å². The molecule has 0 saturated carbocycles. The van der Waals surface area contributed by atoms with Crippen LogP contribution in [0.5, 0.6) is 0 Å². The fourth-order valence-electron chi connectivity index (χ4n) is 4.73. The molecule has 1 saturated heterocycles. The van der Waals surface area contributed by atoms with Gasteiger partial charge in [0.25, 0.3) is 0 Å². The highest BCUT2D eigenvalue weighted by Crippen LogP contribution is 2.53. The molecule has 0 bridgehead atoms. The third kappa shape index (κ3) is 3.48. The van der Waals surface area contributed by atoms with Gasteiger partial charge in [-0.05, 0) is 41.0 Å². The quantitative estimate of drug-likeness (QED) is 0.335. The number of fused-ring (bicyclic) bond motifs is 2. The zero-order valence-electron chi connectivity index (χ0n) is 17.6. The third-order valence-electron chi connectivity index (χ3n) is 6.29. The van der Waals surface area contributed by atoms with E-state index in [1.807, 2.05) is 66.7 Å². The second-order valence-electron chi connectivity index (χ2n) is 8.23. The van der Waals surface area contributed by atoms with Crippen LogP contribution in [0, 0.1) is 5.92 Å². The molecule has 0 unspecified atom stereocenters. The van der Waals surface area contributed by atoms with Crippen molar-refractivity contribution < 1.29 is 9.59 Å². The van der Waals surface area contributed by atoms with Crippen molar-refractivity contribution in [2.24, 2.45) is 5.92 Å². The van der Waals surface area contributed by atoms with E-state index in [1.165, 1.54) is 16.7 Å². The van der Waals surface area contributed by atoms with Crippen LogP contribution in [0.15, 0.2) is 93.2 Å². The number of halogens is 1. The van der Waals surface area contributed by atoms with Crippen molar-refractivity contribution in [1.29, 1.82) is 0 Å². The van der Waals surface area contributed by atoms with E-state index in [9.17, 15) is 14.4 Å². The first kappa shape index (κ1) is 21.6. The summed E-state index contributed by atoms with van der Waals surface area (Å²) in [6.45, 7) is 0. The van der Waals surface area contributed by atoms with Crippen LogP contribution in [0.25, 0.3) is 11.1 Å². The standard InChI is InChI=1S/C26H17BrN2O3S2/c27-17-10-12-18(13-11-17)29-24(30)20-19(21-23(28-26(32)34-21)33-22(20)25(29)31)16-8-6-15(7-9-16)14-4-2-1-3-5-14/h1-13,19-20,22H,(H,28,32)/t19-,20-,22+/m0/s1. The number of H-pyrrole nitrogens is 1. The van der Waals surface area contributed by atoms with Crippen LogP contribution in [0.1, 0.15) is 16.4 Å². The summed E-state index contributed by atoms with van der Waals surface area (Å²) in [5, 5.41) is 0.0971. The molecule has 1 aromatic heterocycles. The van der Waals surface area contributed by atoms with Crippen LogP contribution >= 0.6 is 39.0 Å². The summed E-state index contributed by atoms with van der Waals surface area (Å²) in [7, 11) is 0. The lowest BCUT2D eigenvalue weighted by Crippen LogP contribution is -2.32. The van der Waals surface area contributed by atoms with Crippen molar-refractivity contribution in [1.82, 2.24) is 4.98 Å². The van der Waals surface area contributed by atoms with E-state index in [2.05, 4.69) is 20.9 Å². The molecule has 2 aliphatic heterocycles. The predicted octanol–water partition coefficient (Wildman–Crippen LogP) is 5.66. The largest absolute Gasteiger partial charge is 0.307 e. The van der Waals surface area contributed by atoms with Crippen molar-refractivity contribution in [2.75, 3.05) is 4.90 Å². The molecule has 3 aromatic carbocycles. The van der Waals surface area contributed by atoms with Gasteiger partial charge in [-0.2, -0.15) is 0 Å². The Morgan fingerprint density at radius 3 is 2.18 bits per heavy atom. The number of thiazole rings is 1. The van der Waals surface area contributed by atoms with E-state index in [4.69, 9.17) is 0 Å². The van der Waals surface area contributed by atoms with Gasteiger partial charge < -0.3 is 4.98 Å². The number of benzene rings is 3. The van der Waals surface area contributed by atoms with Gasteiger partial charge in [0.2, 0.25) is 11.8 Å². The summed E-state index contributed by atoms with van der Waals surface area (Å²) in [6, 6.07) is 25.3. The highest BCUT2D eigenvalue weighted by molar-refractivity contribution is 9.10. The predicted molar refractivity (Wildman–Crippen MR) is 138 cm³/mol. The van der Waals surface area contributed by atoms with Crippen LogP contribution in [-0.2, 0) is 9.59 Å². The van der Waals surface area contributed by atoms with Gasteiger partial charge in [-0.25, -0.2) is 4.90 Å². The number of aromatic amines is 1. The van der Waals surface area contributed by atoms with Crippen molar-refractivity contribution >= 4 is 56.5 Å². The molecular weight excluding hydrogens is 532 g/mol. The number of hydrogen-bond acceptors (Lipinski definition) is 5. The van der Waals surface area contributed by atoms with Gasteiger partial charge in [0.05, 0.1) is 16.6 Å². The van der Waals surface area contributed by atoms with Gasteiger partial charge in [-0.15, -0.1) is 0 Å². The molecule has 5 nitrogen and oxygen atoms in total. The van der Waals surface area contributed by atoms with Crippen LogP contribution in [0.2, 0.25) is 0 Å². The Bertz CT molecular complexity index is 1460. The van der Waals surface area contributed by atoms with Crippen molar-refractivity contribution in [3.05, 3.63) is 103 Å². The molecule has 1 N–H and O–H groups in total. The van der Waals surface area contributed by atoms with Crippen molar-refractivity contribution in [3.63, 3.8) is 0 Å². The van der Waals surface area contributed by atoms with Gasteiger partial charge in [-0.3, -0.25) is 14.4 Å². The van der Waals surface area contributed by atoms with E-state index < -0.39 is 11.2 Å². The second kappa shape index (κ2) is 8.37. The molecule has 0 spiro atoms. The van der Waals surface area contributed by atoms with Crippen LogP contribution in [0.3, 0.4) is 0 Å².